The van der Waals surface area contributed by atoms with Crippen LogP contribution in [0.5, 0.6) is 23.0 Å². The molecule has 0 saturated heterocycles. The molecular weight excluding hydrogens is 458 g/mol. The number of fused-ring (bicyclic) bond motifs is 2. The molecule has 200 valence electrons. The van der Waals surface area contributed by atoms with Crippen LogP contribution in [0.25, 0.3) is 0 Å². The van der Waals surface area contributed by atoms with Crippen LogP contribution in [0.15, 0.2) is 12.1 Å². The summed E-state index contributed by atoms with van der Waals surface area (Å²) in [6, 6.07) is 4.29. The molecule has 0 unspecified atom stereocenters. The lowest BCUT2D eigenvalue weighted by Gasteiger charge is -2.33. The molecule has 1 heterocycles. The molecule has 2 aromatic rings. The van der Waals surface area contributed by atoms with E-state index in [1.54, 1.807) is 14.2 Å². The van der Waals surface area contributed by atoms with Crippen molar-refractivity contribution in [2.24, 2.45) is 5.92 Å². The lowest BCUT2D eigenvalue weighted by Crippen LogP contribution is -2.41. The number of aliphatic hydroxyl groups is 2. The van der Waals surface area contributed by atoms with Crippen molar-refractivity contribution in [1.82, 2.24) is 5.32 Å². The number of hydrogen-bond acceptors (Lipinski definition) is 7. The lowest BCUT2D eigenvalue weighted by molar-refractivity contribution is 0.201. The number of phenols is 2. The quantitative estimate of drug-likeness (QED) is 0.398. The van der Waals surface area contributed by atoms with Crippen LogP contribution in [-0.4, -0.2) is 53.9 Å². The zero-order valence-electron chi connectivity index (χ0n) is 22.5. The van der Waals surface area contributed by atoms with Gasteiger partial charge in [0.25, 0.3) is 0 Å². The van der Waals surface area contributed by atoms with E-state index < -0.39 is 0 Å². The monoisotopic (exact) mass is 501 g/mol. The number of aryl methyl sites for hydroxylation is 2. The molecule has 7 nitrogen and oxygen atoms in total. The summed E-state index contributed by atoms with van der Waals surface area (Å²) >= 11 is 0. The highest BCUT2D eigenvalue weighted by Crippen LogP contribution is 2.47. The van der Waals surface area contributed by atoms with Gasteiger partial charge in [0, 0.05) is 29.8 Å². The van der Waals surface area contributed by atoms with E-state index >= 15 is 0 Å². The summed E-state index contributed by atoms with van der Waals surface area (Å²) in [6.07, 6.45) is 4.37. The second-order valence-corrected chi connectivity index (χ2v) is 10.1. The van der Waals surface area contributed by atoms with Gasteiger partial charge in [0.15, 0.2) is 23.0 Å². The summed E-state index contributed by atoms with van der Waals surface area (Å²) in [5.41, 5.74) is 6.12. The van der Waals surface area contributed by atoms with Crippen molar-refractivity contribution in [2.75, 3.05) is 27.4 Å². The maximum Gasteiger partial charge on any atom is 0.163 e. The molecule has 2 aromatic carbocycles. The Morgan fingerprint density at radius 3 is 1.86 bits per heavy atom. The van der Waals surface area contributed by atoms with Gasteiger partial charge in [0.2, 0.25) is 0 Å². The van der Waals surface area contributed by atoms with Crippen LogP contribution in [0.3, 0.4) is 0 Å². The van der Waals surface area contributed by atoms with Crippen molar-refractivity contribution in [3.8, 4) is 23.0 Å². The van der Waals surface area contributed by atoms with Gasteiger partial charge < -0.3 is 35.2 Å². The Morgan fingerprint density at radius 2 is 1.39 bits per heavy atom. The zero-order valence-corrected chi connectivity index (χ0v) is 22.5. The number of phenolic OH excluding ortho intramolecular Hbond substituents is 2. The zero-order chi connectivity index (χ0) is 26.6. The molecule has 0 amide bonds. The average molecular weight is 502 g/mol. The van der Waals surface area contributed by atoms with E-state index in [2.05, 4.69) is 31.3 Å². The SMILES string of the molecule is CC[C@@H]1C[C@H](CO)Cc2cc(C)c(OC)c(O)c21.CC[C@@H]1N[C@H](CO)Cc2cc(C)c(OC)c(O)c21. The van der Waals surface area contributed by atoms with E-state index in [9.17, 15) is 20.4 Å². The molecule has 0 bridgehead atoms. The predicted octanol–water partition coefficient (Wildman–Crippen LogP) is 4.42. The minimum Gasteiger partial charge on any atom is -0.504 e. The van der Waals surface area contributed by atoms with Crippen LogP contribution in [0.1, 0.15) is 78.5 Å². The lowest BCUT2D eigenvalue weighted by atomic mass is 9.75. The summed E-state index contributed by atoms with van der Waals surface area (Å²) in [4.78, 5) is 0. The fraction of sp³-hybridized carbons (Fsp3) is 0.586. The first-order valence-electron chi connectivity index (χ1n) is 13.0. The number of benzene rings is 2. The minimum absolute atomic E-state index is 0.0645. The van der Waals surface area contributed by atoms with Crippen LogP contribution in [0.4, 0.5) is 0 Å². The summed E-state index contributed by atoms with van der Waals surface area (Å²) in [5, 5.41) is 42.8. The molecule has 1 aliphatic heterocycles. The van der Waals surface area contributed by atoms with Crippen molar-refractivity contribution in [3.63, 3.8) is 0 Å². The summed E-state index contributed by atoms with van der Waals surface area (Å²) in [6.45, 7) is 8.40. The van der Waals surface area contributed by atoms with E-state index in [-0.39, 0.29) is 31.0 Å². The topological polar surface area (TPSA) is 111 Å². The van der Waals surface area contributed by atoms with Crippen molar-refractivity contribution in [3.05, 3.63) is 45.5 Å². The molecule has 0 radical (unpaired) electrons. The number of aliphatic hydroxyl groups excluding tert-OH is 2. The molecule has 7 heteroatoms. The van der Waals surface area contributed by atoms with Crippen molar-refractivity contribution in [1.29, 1.82) is 0 Å². The number of rotatable bonds is 6. The second kappa shape index (κ2) is 12.2. The van der Waals surface area contributed by atoms with Gasteiger partial charge in [-0.15, -0.1) is 0 Å². The normalized spacial score (nSPS) is 22.7. The number of methoxy groups -OCH3 is 2. The molecule has 0 spiro atoms. The van der Waals surface area contributed by atoms with Gasteiger partial charge in [-0.3, -0.25) is 0 Å². The maximum absolute atomic E-state index is 10.4. The van der Waals surface area contributed by atoms with Gasteiger partial charge in [-0.05, 0) is 80.0 Å². The van der Waals surface area contributed by atoms with Gasteiger partial charge in [-0.25, -0.2) is 0 Å². The number of hydrogen-bond donors (Lipinski definition) is 5. The number of aromatic hydroxyl groups is 2. The van der Waals surface area contributed by atoms with Crippen molar-refractivity contribution < 1.29 is 29.9 Å². The Balaban J connectivity index is 0.000000201. The van der Waals surface area contributed by atoms with Crippen LogP contribution in [0.2, 0.25) is 0 Å². The summed E-state index contributed by atoms with van der Waals surface area (Å²) < 4.78 is 10.5. The molecular formula is C29H43NO6. The van der Waals surface area contributed by atoms with E-state index in [0.717, 1.165) is 59.9 Å². The highest BCUT2D eigenvalue weighted by atomic mass is 16.5. The fourth-order valence-electron chi connectivity index (χ4n) is 5.98. The van der Waals surface area contributed by atoms with Crippen LogP contribution in [-0.2, 0) is 12.8 Å². The van der Waals surface area contributed by atoms with Crippen LogP contribution < -0.4 is 14.8 Å². The smallest absolute Gasteiger partial charge is 0.163 e. The van der Waals surface area contributed by atoms with Gasteiger partial charge in [0.1, 0.15) is 0 Å². The van der Waals surface area contributed by atoms with E-state index in [4.69, 9.17) is 9.47 Å². The first kappa shape index (κ1) is 28.1. The minimum atomic E-state index is 0.0645. The first-order valence-corrected chi connectivity index (χ1v) is 13.0. The van der Waals surface area contributed by atoms with E-state index in [1.807, 2.05) is 13.8 Å². The molecule has 1 aliphatic carbocycles. The first-order chi connectivity index (χ1) is 17.2. The summed E-state index contributed by atoms with van der Waals surface area (Å²) in [7, 11) is 3.16. The van der Waals surface area contributed by atoms with Crippen LogP contribution in [0, 0.1) is 19.8 Å². The highest BCUT2D eigenvalue weighted by Gasteiger charge is 2.31. The fourth-order valence-corrected chi connectivity index (χ4v) is 5.98. The van der Waals surface area contributed by atoms with Gasteiger partial charge >= 0.3 is 0 Å². The van der Waals surface area contributed by atoms with E-state index in [1.165, 1.54) is 5.56 Å². The molecule has 0 aromatic heterocycles. The average Bonchev–Trinajstić information content (AvgIpc) is 2.87. The number of nitrogens with one attached hydrogen (secondary N) is 1. The Kier molecular flexibility index (Phi) is 9.50. The largest absolute Gasteiger partial charge is 0.504 e. The maximum atomic E-state index is 10.4. The third-order valence-electron chi connectivity index (χ3n) is 7.70. The third-order valence-corrected chi connectivity index (χ3v) is 7.70. The van der Waals surface area contributed by atoms with Crippen LogP contribution >= 0.6 is 0 Å². The molecule has 2 aliphatic rings. The number of ether oxygens (including phenoxy) is 2. The Labute approximate surface area is 215 Å². The molecule has 4 atom stereocenters. The Bertz CT molecular complexity index is 970. The summed E-state index contributed by atoms with van der Waals surface area (Å²) in [5.74, 6) is 2.32. The molecule has 5 N–H and O–H groups in total. The van der Waals surface area contributed by atoms with E-state index in [0.29, 0.717) is 29.1 Å². The Hall–Kier alpha value is -2.48. The molecule has 4 rings (SSSR count). The predicted molar refractivity (Wildman–Crippen MR) is 141 cm³/mol. The molecule has 0 fully saturated rings. The van der Waals surface area contributed by atoms with Crippen molar-refractivity contribution in [2.45, 2.75) is 77.8 Å². The standard InChI is InChI=1S/C15H22O3.C14H21NO3/c1-4-11-6-10(8-16)7-12-5-9(2)15(18-3)14(17)13(11)12;1-4-11-12-9(6-10(7-16)15-11)5-8(2)14(18-3)13(12)17/h5,10-11,16-17H,4,6-8H2,1-3H3;5,10-11,15-17H,4,6-7H2,1-3H3/t10-,11+;10-,11-/m00/s1. The highest BCUT2D eigenvalue weighted by molar-refractivity contribution is 5.57. The van der Waals surface area contributed by atoms with Gasteiger partial charge in [-0.2, -0.15) is 0 Å². The van der Waals surface area contributed by atoms with Gasteiger partial charge in [-0.1, -0.05) is 26.0 Å². The van der Waals surface area contributed by atoms with Crippen molar-refractivity contribution >= 4 is 0 Å². The Morgan fingerprint density at radius 1 is 0.833 bits per heavy atom. The molecule has 36 heavy (non-hydrogen) atoms. The molecule has 0 saturated carbocycles. The van der Waals surface area contributed by atoms with Gasteiger partial charge in [0.05, 0.1) is 20.8 Å². The second-order valence-electron chi connectivity index (χ2n) is 10.1. The third kappa shape index (κ3) is 5.43.